The number of rotatable bonds is 10. The van der Waals surface area contributed by atoms with Crippen LogP contribution < -0.4 is 0 Å². The summed E-state index contributed by atoms with van der Waals surface area (Å²) in [6, 6.07) is 29.7. The van der Waals surface area contributed by atoms with Crippen LogP contribution in [0.25, 0.3) is 0 Å². The number of carbonyl (C=O) groups excluding carboxylic acids is 1. The number of aromatic nitrogens is 1. The Morgan fingerprint density at radius 1 is 0.925 bits per heavy atom. The minimum absolute atomic E-state index is 0.119. The van der Waals surface area contributed by atoms with Gasteiger partial charge >= 0.3 is 5.97 Å². The normalized spacial score (nSPS) is 19.3. The summed E-state index contributed by atoms with van der Waals surface area (Å²) < 4.78 is 29.3. The molecule has 40 heavy (non-hydrogen) atoms. The lowest BCUT2D eigenvalue weighted by Gasteiger charge is -2.37. The van der Waals surface area contributed by atoms with E-state index in [2.05, 4.69) is 5.16 Å². The highest BCUT2D eigenvalue weighted by Crippen LogP contribution is 2.43. The van der Waals surface area contributed by atoms with Crippen LogP contribution in [0.5, 0.6) is 0 Å². The zero-order valence-electron chi connectivity index (χ0n) is 22.7. The molecule has 0 aliphatic carbocycles. The Morgan fingerprint density at radius 3 is 1.95 bits per heavy atom. The second kappa shape index (κ2) is 11.7. The fourth-order valence-electron chi connectivity index (χ4n) is 5.17. The Labute approximate surface area is 233 Å². The summed E-state index contributed by atoms with van der Waals surface area (Å²) in [4.78, 5) is 12.5. The van der Waals surface area contributed by atoms with Crippen LogP contribution in [0.4, 0.5) is 0 Å². The van der Waals surface area contributed by atoms with Gasteiger partial charge in [-0.3, -0.25) is 0 Å². The number of aliphatic hydroxyl groups excluding tert-OH is 1. The molecule has 1 fully saturated rings. The molecule has 2 heterocycles. The number of nitrogens with zero attached hydrogens (tertiary/aromatic N) is 1. The molecule has 0 radical (unpaired) electrons. The number of hydrogen-bond acceptors (Lipinski definition) is 8. The van der Waals surface area contributed by atoms with Crippen LogP contribution in [0.2, 0.25) is 0 Å². The Kier molecular flexibility index (Phi) is 8.14. The highest BCUT2D eigenvalue weighted by Gasteiger charge is 2.49. The molecular weight excluding hydrogens is 510 g/mol. The van der Waals surface area contributed by atoms with E-state index in [0.29, 0.717) is 0 Å². The maximum Gasteiger partial charge on any atom is 0.343 e. The van der Waals surface area contributed by atoms with Crippen LogP contribution in [-0.4, -0.2) is 47.4 Å². The molecule has 4 aromatic rings. The maximum absolute atomic E-state index is 12.5. The lowest BCUT2D eigenvalue weighted by atomic mass is 9.80. The van der Waals surface area contributed by atoms with Crippen molar-refractivity contribution in [1.82, 2.24) is 5.16 Å². The highest BCUT2D eigenvalue weighted by atomic mass is 16.8. The quantitative estimate of drug-likeness (QED) is 0.209. The Bertz CT molecular complexity index is 1290. The minimum atomic E-state index is -1.16. The van der Waals surface area contributed by atoms with Crippen molar-refractivity contribution in [2.45, 2.75) is 50.5 Å². The molecule has 1 aromatic heterocycles. The molecule has 5 rings (SSSR count). The van der Waals surface area contributed by atoms with E-state index in [0.717, 1.165) is 16.7 Å². The van der Waals surface area contributed by atoms with Gasteiger partial charge in [0.15, 0.2) is 5.79 Å². The summed E-state index contributed by atoms with van der Waals surface area (Å²) in [5.74, 6) is -1.65. The molecule has 1 aliphatic heterocycles. The highest BCUT2D eigenvalue weighted by molar-refractivity contribution is 5.90. The van der Waals surface area contributed by atoms with Crippen molar-refractivity contribution in [3.8, 4) is 0 Å². The zero-order chi connectivity index (χ0) is 28.2. The Balaban J connectivity index is 1.51. The lowest BCUT2D eigenvalue weighted by Crippen LogP contribution is -2.41. The van der Waals surface area contributed by atoms with Gasteiger partial charge in [-0.2, -0.15) is 0 Å². The van der Waals surface area contributed by atoms with Crippen molar-refractivity contribution in [3.63, 3.8) is 0 Å². The largest absolute Gasteiger partial charge is 0.462 e. The fraction of sp³-hybridized carbons (Fsp3) is 0.312. The summed E-state index contributed by atoms with van der Waals surface area (Å²) in [6.07, 6.45) is -1.75. The molecule has 0 saturated carbocycles. The molecule has 3 aromatic carbocycles. The van der Waals surface area contributed by atoms with E-state index in [1.165, 1.54) is 6.26 Å². The average molecular weight is 544 g/mol. The van der Waals surface area contributed by atoms with Crippen LogP contribution in [-0.2, 0) is 24.5 Å². The number of esters is 1. The number of hydrogen-bond donors (Lipinski definition) is 1. The van der Waals surface area contributed by atoms with Crippen LogP contribution in [0.15, 0.2) is 102 Å². The molecule has 8 nitrogen and oxygen atoms in total. The third-order valence-corrected chi connectivity index (χ3v) is 6.88. The molecular formula is C32H33NO7. The number of ether oxygens (including phenoxy) is 4. The standard InChI is InChI=1S/C32H33NO7/c1-4-36-30(35)25-20-38-33-27(25)29-28(39-31(2,3)40-29)26(34)21-37-32(22-14-8-5-9-15-22,23-16-10-6-11-17-23)24-18-12-7-13-19-24/h5-20,26,28-29,34H,4,21H2,1-3H3/t26-,28-,29+/m1/s1. The fourth-order valence-corrected chi connectivity index (χ4v) is 5.17. The summed E-state index contributed by atoms with van der Waals surface area (Å²) in [6.45, 7) is 5.26. The zero-order valence-corrected chi connectivity index (χ0v) is 22.7. The second-order valence-corrected chi connectivity index (χ2v) is 10.0. The van der Waals surface area contributed by atoms with Crippen LogP contribution >= 0.6 is 0 Å². The van der Waals surface area contributed by atoms with E-state index in [9.17, 15) is 9.90 Å². The summed E-state index contributed by atoms with van der Waals surface area (Å²) >= 11 is 0. The molecule has 0 amide bonds. The summed E-state index contributed by atoms with van der Waals surface area (Å²) in [7, 11) is 0. The van der Waals surface area contributed by atoms with Gasteiger partial charge in [-0.1, -0.05) is 96.2 Å². The first-order valence-corrected chi connectivity index (χ1v) is 13.3. The van der Waals surface area contributed by atoms with Gasteiger partial charge in [0.2, 0.25) is 0 Å². The van der Waals surface area contributed by atoms with E-state index >= 15 is 0 Å². The molecule has 1 aliphatic rings. The topological polar surface area (TPSA) is 100 Å². The minimum Gasteiger partial charge on any atom is -0.462 e. The van der Waals surface area contributed by atoms with Gasteiger partial charge in [0.1, 0.15) is 41.4 Å². The van der Waals surface area contributed by atoms with Crippen molar-refractivity contribution < 1.29 is 33.4 Å². The van der Waals surface area contributed by atoms with Crippen LogP contribution in [0.3, 0.4) is 0 Å². The van der Waals surface area contributed by atoms with Crippen molar-refractivity contribution in [2.24, 2.45) is 0 Å². The predicted molar refractivity (Wildman–Crippen MR) is 146 cm³/mol. The van der Waals surface area contributed by atoms with Crippen molar-refractivity contribution in [3.05, 3.63) is 125 Å². The van der Waals surface area contributed by atoms with E-state index in [1.807, 2.05) is 91.0 Å². The first kappa shape index (κ1) is 27.7. The maximum atomic E-state index is 12.5. The Morgan fingerprint density at radius 2 is 1.45 bits per heavy atom. The monoisotopic (exact) mass is 543 g/mol. The third-order valence-electron chi connectivity index (χ3n) is 6.88. The SMILES string of the molecule is CCOC(=O)c1conc1[C@@H]1OC(C)(C)O[C@@H]1[C@H](O)COC(c1ccccc1)(c1ccccc1)c1ccccc1. The lowest BCUT2D eigenvalue weighted by molar-refractivity contribution is -0.162. The van der Waals surface area contributed by atoms with E-state index in [4.69, 9.17) is 23.5 Å². The molecule has 0 spiro atoms. The van der Waals surface area contributed by atoms with Gasteiger partial charge in [-0.25, -0.2) is 4.79 Å². The van der Waals surface area contributed by atoms with Crippen LogP contribution in [0, 0.1) is 0 Å². The van der Waals surface area contributed by atoms with E-state index in [1.54, 1.807) is 20.8 Å². The predicted octanol–water partition coefficient (Wildman–Crippen LogP) is 5.41. The number of aliphatic hydroxyl groups is 1. The van der Waals surface area contributed by atoms with Crippen molar-refractivity contribution in [2.75, 3.05) is 13.2 Å². The van der Waals surface area contributed by atoms with Gasteiger partial charge in [0.05, 0.1) is 13.2 Å². The first-order valence-electron chi connectivity index (χ1n) is 13.3. The van der Waals surface area contributed by atoms with E-state index < -0.39 is 35.7 Å². The second-order valence-electron chi connectivity index (χ2n) is 10.0. The molecule has 208 valence electrons. The third kappa shape index (κ3) is 5.44. The number of benzene rings is 3. The molecule has 1 saturated heterocycles. The van der Waals surface area contributed by atoms with Crippen molar-refractivity contribution >= 4 is 5.97 Å². The van der Waals surface area contributed by atoms with Gasteiger partial charge in [0.25, 0.3) is 0 Å². The number of carbonyl (C=O) groups is 1. The van der Waals surface area contributed by atoms with Crippen LogP contribution in [0.1, 0.15) is 59.6 Å². The van der Waals surface area contributed by atoms with Crippen molar-refractivity contribution in [1.29, 1.82) is 0 Å². The average Bonchev–Trinajstić information content (AvgIpc) is 3.59. The molecule has 3 atom stereocenters. The smallest absolute Gasteiger partial charge is 0.343 e. The summed E-state index contributed by atoms with van der Waals surface area (Å²) in [5, 5.41) is 15.6. The Hall–Kier alpha value is -3.82. The first-order chi connectivity index (χ1) is 19.4. The van der Waals surface area contributed by atoms with Gasteiger partial charge < -0.3 is 28.6 Å². The summed E-state index contributed by atoms with van der Waals surface area (Å²) in [5.41, 5.74) is 2.01. The van der Waals surface area contributed by atoms with Gasteiger partial charge in [-0.05, 0) is 37.5 Å². The van der Waals surface area contributed by atoms with Gasteiger partial charge in [-0.15, -0.1) is 0 Å². The van der Waals surface area contributed by atoms with Gasteiger partial charge in [0, 0.05) is 0 Å². The molecule has 0 bridgehead atoms. The van der Waals surface area contributed by atoms with E-state index in [-0.39, 0.29) is 24.5 Å². The molecule has 1 N–H and O–H groups in total. The molecule has 0 unspecified atom stereocenters. The molecule has 8 heteroatoms.